The van der Waals surface area contributed by atoms with Gasteiger partial charge in [0.1, 0.15) is 5.82 Å². The molecule has 0 saturated carbocycles. The lowest BCUT2D eigenvalue weighted by molar-refractivity contribution is -0.136. The zero-order valence-corrected chi connectivity index (χ0v) is 12.5. The molecule has 124 valence electrons. The maximum absolute atomic E-state index is 12.8. The van der Waals surface area contributed by atoms with Crippen molar-refractivity contribution in [3.63, 3.8) is 0 Å². The number of hydrogen-bond donors (Lipinski definition) is 3. The highest BCUT2D eigenvalue weighted by atomic mass is 19.1. The minimum absolute atomic E-state index is 0.000434. The Morgan fingerprint density at radius 2 is 1.62 bits per heavy atom. The molecule has 0 heterocycles. The van der Waals surface area contributed by atoms with Gasteiger partial charge in [-0.1, -0.05) is 18.2 Å². The van der Waals surface area contributed by atoms with Crippen LogP contribution in [0.2, 0.25) is 0 Å². The number of nitrogens with one attached hydrogen (secondary N) is 1. The summed E-state index contributed by atoms with van der Waals surface area (Å²) < 4.78 is 12.8. The lowest BCUT2D eigenvalue weighted by Crippen LogP contribution is -2.15. The third kappa shape index (κ3) is 4.64. The monoisotopic (exact) mass is 331 g/mol. The Morgan fingerprint density at radius 1 is 0.958 bits per heavy atom. The lowest BCUT2D eigenvalue weighted by Gasteiger charge is -2.09. The molecule has 6 nitrogen and oxygen atoms in total. The number of carbonyl (C=O) groups is 3. The third-order valence-electron chi connectivity index (χ3n) is 3.24. The fourth-order valence-corrected chi connectivity index (χ4v) is 2.16. The van der Waals surface area contributed by atoms with Crippen LogP contribution in [0, 0.1) is 5.82 Å². The number of aliphatic carboxylic acids is 1. The standard InChI is InChI=1S/C17H14FNO5/c18-12-4-1-10(2-5-12)7-15(20)19-13-6-3-11(8-16(21)22)14(9-13)17(23)24/h1-6,9H,7-8H2,(H,19,20)(H,21,22)(H,23,24). The maximum atomic E-state index is 12.8. The highest BCUT2D eigenvalue weighted by Crippen LogP contribution is 2.17. The van der Waals surface area contributed by atoms with Crippen molar-refractivity contribution in [2.75, 3.05) is 5.32 Å². The van der Waals surface area contributed by atoms with Gasteiger partial charge in [-0.2, -0.15) is 0 Å². The van der Waals surface area contributed by atoms with Crippen LogP contribution in [0.4, 0.5) is 10.1 Å². The number of anilines is 1. The van der Waals surface area contributed by atoms with Gasteiger partial charge >= 0.3 is 11.9 Å². The van der Waals surface area contributed by atoms with Gasteiger partial charge in [0, 0.05) is 5.69 Å². The first-order chi connectivity index (χ1) is 11.3. The van der Waals surface area contributed by atoms with Gasteiger partial charge in [-0.15, -0.1) is 0 Å². The fraction of sp³-hybridized carbons (Fsp3) is 0.118. The van der Waals surface area contributed by atoms with E-state index < -0.39 is 30.1 Å². The van der Waals surface area contributed by atoms with Crippen LogP contribution in [-0.2, 0) is 22.4 Å². The summed E-state index contributed by atoms with van der Waals surface area (Å²) in [6.45, 7) is 0. The molecule has 0 aliphatic heterocycles. The Labute approximate surface area is 136 Å². The van der Waals surface area contributed by atoms with Gasteiger partial charge in [0.2, 0.25) is 5.91 Å². The summed E-state index contributed by atoms with van der Waals surface area (Å²) in [6.07, 6.45) is -0.426. The van der Waals surface area contributed by atoms with E-state index in [1.54, 1.807) is 0 Å². The summed E-state index contributed by atoms with van der Waals surface area (Å²) in [4.78, 5) is 33.9. The first kappa shape index (κ1) is 17.1. The van der Waals surface area contributed by atoms with E-state index in [1.807, 2.05) is 0 Å². The van der Waals surface area contributed by atoms with E-state index in [2.05, 4.69) is 5.32 Å². The van der Waals surface area contributed by atoms with Crippen LogP contribution in [-0.4, -0.2) is 28.1 Å². The van der Waals surface area contributed by atoms with Gasteiger partial charge in [-0.05, 0) is 35.4 Å². The van der Waals surface area contributed by atoms with Crippen molar-refractivity contribution in [3.05, 3.63) is 65.0 Å². The van der Waals surface area contributed by atoms with Crippen LogP contribution in [0.1, 0.15) is 21.5 Å². The van der Waals surface area contributed by atoms with E-state index in [1.165, 1.54) is 42.5 Å². The molecule has 0 unspecified atom stereocenters. The Hall–Kier alpha value is -3.22. The molecule has 0 atom stereocenters. The number of halogens is 1. The Kier molecular flexibility index (Phi) is 5.26. The van der Waals surface area contributed by atoms with Gasteiger partial charge < -0.3 is 15.5 Å². The molecule has 0 aliphatic rings. The predicted molar refractivity (Wildman–Crippen MR) is 83.5 cm³/mol. The molecule has 0 aromatic heterocycles. The number of carboxylic acids is 2. The van der Waals surface area contributed by atoms with Crippen molar-refractivity contribution >= 4 is 23.5 Å². The summed E-state index contributed by atoms with van der Waals surface area (Å²) in [7, 11) is 0. The lowest BCUT2D eigenvalue weighted by atomic mass is 10.0. The van der Waals surface area contributed by atoms with Crippen molar-refractivity contribution in [1.82, 2.24) is 0 Å². The second-order valence-electron chi connectivity index (χ2n) is 5.10. The largest absolute Gasteiger partial charge is 0.481 e. The van der Waals surface area contributed by atoms with Crippen molar-refractivity contribution < 1.29 is 29.0 Å². The summed E-state index contributed by atoms with van der Waals surface area (Å²) in [6, 6.07) is 9.44. The van der Waals surface area contributed by atoms with E-state index in [0.717, 1.165) is 0 Å². The van der Waals surface area contributed by atoms with Crippen LogP contribution in [0.3, 0.4) is 0 Å². The van der Waals surface area contributed by atoms with Crippen molar-refractivity contribution in [3.8, 4) is 0 Å². The average molecular weight is 331 g/mol. The Morgan fingerprint density at radius 3 is 2.21 bits per heavy atom. The highest BCUT2D eigenvalue weighted by molar-refractivity contribution is 5.96. The van der Waals surface area contributed by atoms with Gasteiger partial charge in [-0.3, -0.25) is 9.59 Å². The molecule has 2 aromatic carbocycles. The molecular formula is C17H14FNO5. The molecule has 0 bridgehead atoms. The Bertz CT molecular complexity index is 786. The van der Waals surface area contributed by atoms with Crippen molar-refractivity contribution in [2.24, 2.45) is 0 Å². The van der Waals surface area contributed by atoms with Gasteiger partial charge in [-0.25, -0.2) is 9.18 Å². The highest BCUT2D eigenvalue weighted by Gasteiger charge is 2.14. The van der Waals surface area contributed by atoms with Gasteiger partial charge in [0.05, 0.1) is 18.4 Å². The molecule has 2 rings (SSSR count). The molecule has 0 aliphatic carbocycles. The summed E-state index contributed by atoms with van der Waals surface area (Å²) >= 11 is 0. The number of hydrogen-bond acceptors (Lipinski definition) is 3. The SMILES string of the molecule is O=C(O)Cc1ccc(NC(=O)Cc2ccc(F)cc2)cc1C(=O)O. The molecule has 0 spiro atoms. The number of rotatable bonds is 6. The quantitative estimate of drug-likeness (QED) is 0.754. The molecule has 0 fully saturated rings. The first-order valence-corrected chi connectivity index (χ1v) is 6.97. The number of carbonyl (C=O) groups excluding carboxylic acids is 1. The van der Waals surface area contributed by atoms with Crippen molar-refractivity contribution in [2.45, 2.75) is 12.8 Å². The number of amides is 1. The minimum Gasteiger partial charge on any atom is -0.481 e. The number of aromatic carboxylic acids is 1. The van der Waals surface area contributed by atoms with Crippen LogP contribution in [0.5, 0.6) is 0 Å². The van der Waals surface area contributed by atoms with Crippen LogP contribution >= 0.6 is 0 Å². The van der Waals surface area contributed by atoms with Crippen molar-refractivity contribution in [1.29, 1.82) is 0 Å². The predicted octanol–water partition coefficient (Wildman–Crippen LogP) is 2.33. The molecule has 24 heavy (non-hydrogen) atoms. The van der Waals surface area contributed by atoms with E-state index in [-0.39, 0.29) is 23.2 Å². The van der Waals surface area contributed by atoms with E-state index >= 15 is 0 Å². The molecule has 0 radical (unpaired) electrons. The minimum atomic E-state index is -1.28. The van der Waals surface area contributed by atoms with Gasteiger partial charge in [0.25, 0.3) is 0 Å². The zero-order valence-electron chi connectivity index (χ0n) is 12.5. The second-order valence-corrected chi connectivity index (χ2v) is 5.10. The van der Waals surface area contributed by atoms with E-state index in [4.69, 9.17) is 10.2 Å². The number of carboxylic acid groups (broad SMARTS) is 2. The summed E-state index contributed by atoms with van der Waals surface area (Å²) in [5, 5.41) is 20.5. The normalized spacial score (nSPS) is 10.2. The zero-order chi connectivity index (χ0) is 17.7. The second kappa shape index (κ2) is 7.36. The van der Waals surface area contributed by atoms with Crippen LogP contribution < -0.4 is 5.32 Å². The topological polar surface area (TPSA) is 104 Å². The molecule has 7 heteroatoms. The van der Waals surface area contributed by atoms with Crippen LogP contribution in [0.15, 0.2) is 42.5 Å². The third-order valence-corrected chi connectivity index (χ3v) is 3.24. The average Bonchev–Trinajstić information content (AvgIpc) is 2.50. The summed E-state index contributed by atoms with van der Waals surface area (Å²) in [5.74, 6) is -3.23. The molecular weight excluding hydrogens is 317 g/mol. The smallest absolute Gasteiger partial charge is 0.336 e. The molecule has 0 saturated heterocycles. The van der Waals surface area contributed by atoms with Crippen LogP contribution in [0.25, 0.3) is 0 Å². The summed E-state index contributed by atoms with van der Waals surface area (Å²) in [5.41, 5.74) is 0.812. The van der Waals surface area contributed by atoms with E-state index in [9.17, 15) is 18.8 Å². The molecule has 1 amide bonds. The maximum Gasteiger partial charge on any atom is 0.336 e. The Balaban J connectivity index is 2.12. The molecule has 2 aromatic rings. The fourth-order valence-electron chi connectivity index (χ4n) is 2.16. The van der Waals surface area contributed by atoms with E-state index in [0.29, 0.717) is 5.56 Å². The number of benzene rings is 2. The molecule has 3 N–H and O–H groups in total. The van der Waals surface area contributed by atoms with Gasteiger partial charge in [0.15, 0.2) is 0 Å². The first-order valence-electron chi connectivity index (χ1n) is 6.97.